The fourth-order valence-electron chi connectivity index (χ4n) is 1.89. The van der Waals surface area contributed by atoms with E-state index in [0.29, 0.717) is 25.3 Å². The molecule has 0 fully saturated rings. The van der Waals surface area contributed by atoms with Gasteiger partial charge in [-0.1, -0.05) is 12.1 Å². The van der Waals surface area contributed by atoms with E-state index in [1.54, 1.807) is 12.1 Å². The van der Waals surface area contributed by atoms with Gasteiger partial charge in [-0.3, -0.25) is 5.41 Å². The Morgan fingerprint density at radius 1 is 0.864 bits per heavy atom. The highest BCUT2D eigenvalue weighted by Crippen LogP contribution is 2.13. The highest BCUT2D eigenvalue weighted by molar-refractivity contribution is 5.94. The van der Waals surface area contributed by atoms with Crippen LogP contribution in [0.1, 0.15) is 17.5 Å². The molecule has 0 aliphatic heterocycles. The smallest absolute Gasteiger partial charge is 0.122 e. The van der Waals surface area contributed by atoms with Crippen molar-refractivity contribution in [3.63, 3.8) is 0 Å². The molecule has 0 saturated carbocycles. The van der Waals surface area contributed by atoms with Crippen LogP contribution in [0.4, 0.5) is 0 Å². The molecule has 22 heavy (non-hydrogen) atoms. The van der Waals surface area contributed by atoms with Gasteiger partial charge in [-0.05, 0) is 42.0 Å². The second-order valence-corrected chi connectivity index (χ2v) is 4.84. The van der Waals surface area contributed by atoms with Crippen LogP contribution in [0.5, 0.6) is 11.5 Å². The van der Waals surface area contributed by atoms with Crippen LogP contribution in [0.25, 0.3) is 0 Å². The Labute approximate surface area is 130 Å². The zero-order chi connectivity index (χ0) is 15.8. The van der Waals surface area contributed by atoms with Gasteiger partial charge in [0.2, 0.25) is 0 Å². The first-order valence-electron chi connectivity index (χ1n) is 7.18. The lowest BCUT2D eigenvalue weighted by molar-refractivity contribution is 0.247. The topological polar surface area (TPSA) is 94.4 Å². The van der Waals surface area contributed by atoms with E-state index in [1.165, 1.54) is 0 Å². The Morgan fingerprint density at radius 2 is 1.36 bits per heavy atom. The van der Waals surface area contributed by atoms with E-state index < -0.39 is 0 Å². The molecule has 0 aliphatic rings. The van der Waals surface area contributed by atoms with Crippen molar-refractivity contribution in [1.82, 2.24) is 0 Å². The minimum absolute atomic E-state index is 0.0561. The minimum Gasteiger partial charge on any atom is -0.493 e. The van der Waals surface area contributed by atoms with Crippen LogP contribution >= 0.6 is 0 Å². The molecule has 0 amide bonds. The lowest BCUT2D eigenvalue weighted by Gasteiger charge is -2.09. The molecular formula is C17H21N3O2. The highest BCUT2D eigenvalue weighted by atomic mass is 16.5. The fraction of sp³-hybridized carbons (Fsp3) is 0.235. The first-order valence-corrected chi connectivity index (χ1v) is 7.18. The monoisotopic (exact) mass is 299 g/mol. The molecule has 5 N–H and O–H groups in total. The average molecular weight is 299 g/mol. The Morgan fingerprint density at radius 3 is 1.82 bits per heavy atom. The number of nitrogens with one attached hydrogen (secondary N) is 1. The van der Waals surface area contributed by atoms with Gasteiger partial charge >= 0.3 is 0 Å². The van der Waals surface area contributed by atoms with Crippen LogP contribution in [-0.2, 0) is 6.54 Å². The summed E-state index contributed by atoms with van der Waals surface area (Å²) in [7, 11) is 0. The molecule has 5 heteroatoms. The normalized spacial score (nSPS) is 10.2. The van der Waals surface area contributed by atoms with Crippen molar-refractivity contribution in [1.29, 1.82) is 5.41 Å². The molecule has 2 aromatic rings. The third-order valence-electron chi connectivity index (χ3n) is 3.15. The molecule has 0 heterocycles. The van der Waals surface area contributed by atoms with Crippen molar-refractivity contribution >= 4 is 5.84 Å². The molecule has 0 saturated heterocycles. The van der Waals surface area contributed by atoms with Crippen molar-refractivity contribution in [3.8, 4) is 11.5 Å². The Bertz CT molecular complexity index is 594. The van der Waals surface area contributed by atoms with Gasteiger partial charge in [0, 0.05) is 18.5 Å². The van der Waals surface area contributed by atoms with Gasteiger partial charge in [0.25, 0.3) is 0 Å². The first-order chi connectivity index (χ1) is 10.7. The molecule has 5 nitrogen and oxygen atoms in total. The quantitative estimate of drug-likeness (QED) is 0.396. The van der Waals surface area contributed by atoms with Gasteiger partial charge in [0.05, 0.1) is 13.2 Å². The number of nitrogens with two attached hydrogens (primary N) is 2. The van der Waals surface area contributed by atoms with Crippen molar-refractivity contribution in [2.45, 2.75) is 13.0 Å². The molecule has 0 aromatic heterocycles. The zero-order valence-corrected chi connectivity index (χ0v) is 12.4. The second-order valence-electron chi connectivity index (χ2n) is 4.84. The van der Waals surface area contributed by atoms with Crippen molar-refractivity contribution in [2.75, 3.05) is 13.2 Å². The van der Waals surface area contributed by atoms with E-state index in [4.69, 9.17) is 26.4 Å². The highest BCUT2D eigenvalue weighted by Gasteiger charge is 1.98. The van der Waals surface area contributed by atoms with Gasteiger partial charge < -0.3 is 20.9 Å². The Balaban J connectivity index is 1.67. The molecule has 0 atom stereocenters. The summed E-state index contributed by atoms with van der Waals surface area (Å²) in [5, 5.41) is 7.32. The van der Waals surface area contributed by atoms with Crippen molar-refractivity contribution in [2.24, 2.45) is 11.5 Å². The van der Waals surface area contributed by atoms with Crippen LogP contribution in [0.15, 0.2) is 48.5 Å². The maximum atomic E-state index is 7.32. The summed E-state index contributed by atoms with van der Waals surface area (Å²) < 4.78 is 11.2. The summed E-state index contributed by atoms with van der Waals surface area (Å²) in [4.78, 5) is 0. The van der Waals surface area contributed by atoms with E-state index in [-0.39, 0.29) is 5.84 Å². The Hall–Kier alpha value is -2.53. The molecule has 116 valence electrons. The minimum atomic E-state index is 0.0561. The van der Waals surface area contributed by atoms with Crippen LogP contribution in [0.3, 0.4) is 0 Å². The standard InChI is InChI=1S/C17H21N3O2/c18-12-13-2-6-15(7-3-13)21-10-1-11-22-16-8-4-14(5-9-16)17(19)20/h2-9H,1,10-12,18H2,(H3,19,20). The summed E-state index contributed by atoms with van der Waals surface area (Å²) in [5.74, 6) is 1.65. The summed E-state index contributed by atoms with van der Waals surface area (Å²) >= 11 is 0. The van der Waals surface area contributed by atoms with Crippen molar-refractivity contribution in [3.05, 3.63) is 59.7 Å². The molecule has 0 spiro atoms. The van der Waals surface area contributed by atoms with Crippen molar-refractivity contribution < 1.29 is 9.47 Å². The molecule has 2 aromatic carbocycles. The van der Waals surface area contributed by atoms with Crippen LogP contribution in [0, 0.1) is 5.41 Å². The fourth-order valence-corrected chi connectivity index (χ4v) is 1.89. The number of benzene rings is 2. The lowest BCUT2D eigenvalue weighted by atomic mass is 10.2. The van der Waals surface area contributed by atoms with E-state index in [0.717, 1.165) is 23.5 Å². The Kier molecular flexibility index (Phi) is 5.80. The van der Waals surface area contributed by atoms with Crippen LogP contribution in [0.2, 0.25) is 0 Å². The summed E-state index contributed by atoms with van der Waals surface area (Å²) in [6.45, 7) is 1.70. The number of hydrogen-bond donors (Lipinski definition) is 3. The predicted molar refractivity (Wildman–Crippen MR) is 87.4 cm³/mol. The summed E-state index contributed by atoms with van der Waals surface area (Å²) in [6.07, 6.45) is 0.785. The SMILES string of the molecule is N=C(N)c1ccc(OCCCOc2ccc(CN)cc2)cc1. The number of nitrogen functional groups attached to an aromatic ring is 1. The molecule has 2 rings (SSSR count). The average Bonchev–Trinajstić information content (AvgIpc) is 2.55. The molecule has 0 radical (unpaired) electrons. The van der Waals surface area contributed by atoms with E-state index >= 15 is 0 Å². The molecule has 0 unspecified atom stereocenters. The third kappa shape index (κ3) is 4.79. The molecular weight excluding hydrogens is 278 g/mol. The summed E-state index contributed by atoms with van der Waals surface area (Å²) in [5.41, 5.74) is 12.7. The maximum absolute atomic E-state index is 7.32. The maximum Gasteiger partial charge on any atom is 0.122 e. The van der Waals surface area contributed by atoms with Crippen LogP contribution < -0.4 is 20.9 Å². The number of ether oxygens (including phenoxy) is 2. The van der Waals surface area contributed by atoms with Crippen LogP contribution in [-0.4, -0.2) is 19.0 Å². The zero-order valence-electron chi connectivity index (χ0n) is 12.4. The van der Waals surface area contributed by atoms with Gasteiger partial charge in [-0.15, -0.1) is 0 Å². The summed E-state index contributed by atoms with van der Waals surface area (Å²) in [6, 6.07) is 14.9. The van der Waals surface area contributed by atoms with Gasteiger partial charge in [0.15, 0.2) is 0 Å². The van der Waals surface area contributed by atoms with Gasteiger partial charge in [-0.2, -0.15) is 0 Å². The predicted octanol–water partition coefficient (Wildman–Crippen LogP) is 2.28. The van der Waals surface area contributed by atoms with E-state index in [2.05, 4.69) is 0 Å². The molecule has 0 aliphatic carbocycles. The largest absolute Gasteiger partial charge is 0.493 e. The van der Waals surface area contributed by atoms with E-state index in [9.17, 15) is 0 Å². The number of amidine groups is 1. The van der Waals surface area contributed by atoms with Gasteiger partial charge in [-0.25, -0.2) is 0 Å². The van der Waals surface area contributed by atoms with Gasteiger partial charge in [0.1, 0.15) is 17.3 Å². The second kappa shape index (κ2) is 8.05. The number of hydrogen-bond acceptors (Lipinski definition) is 4. The van der Waals surface area contributed by atoms with E-state index in [1.807, 2.05) is 36.4 Å². The number of rotatable bonds is 8. The third-order valence-corrected chi connectivity index (χ3v) is 3.15. The molecule has 0 bridgehead atoms. The lowest BCUT2D eigenvalue weighted by Crippen LogP contribution is -2.10. The first kappa shape index (κ1) is 15.9.